The Morgan fingerprint density at radius 1 is 0.724 bits per heavy atom. The highest BCUT2D eigenvalue weighted by atomic mass is 32.2. The molecular weight excluding hydrogens is 402 g/mol. The van der Waals surface area contributed by atoms with Crippen molar-refractivity contribution in [2.75, 3.05) is 0 Å². The van der Waals surface area contributed by atoms with E-state index in [2.05, 4.69) is 9.97 Å². The Hall–Kier alpha value is -2.12. The van der Waals surface area contributed by atoms with Crippen molar-refractivity contribution >= 4 is 35.3 Å². The van der Waals surface area contributed by atoms with Crippen LogP contribution in [0.3, 0.4) is 0 Å². The minimum atomic E-state index is -0.601. The molecule has 0 radical (unpaired) electrons. The lowest BCUT2D eigenvalue weighted by Gasteiger charge is -2.30. The van der Waals surface area contributed by atoms with E-state index in [9.17, 15) is 9.59 Å². The topological polar surface area (TPSA) is 63.2 Å². The third-order valence-corrected chi connectivity index (χ3v) is 5.56. The number of amides is 2. The molecule has 2 amide bonds. The van der Waals surface area contributed by atoms with Gasteiger partial charge < -0.3 is 0 Å². The summed E-state index contributed by atoms with van der Waals surface area (Å²) in [6.45, 7) is 13.5. The minimum absolute atomic E-state index is 0.286. The summed E-state index contributed by atoms with van der Waals surface area (Å²) in [5, 5.41) is 1.35. The quantitative estimate of drug-likeness (QED) is 0.571. The van der Waals surface area contributed by atoms with E-state index in [1.165, 1.54) is 28.4 Å². The van der Waals surface area contributed by atoms with Gasteiger partial charge in [-0.3, -0.25) is 14.5 Å². The second-order valence-electron chi connectivity index (χ2n) is 6.31. The van der Waals surface area contributed by atoms with Crippen molar-refractivity contribution in [3.8, 4) is 0 Å². The number of carbonyl (C=O) groups excluding carboxylic acids is 2. The predicted octanol–water partition coefficient (Wildman–Crippen LogP) is 5.79. The summed E-state index contributed by atoms with van der Waals surface area (Å²) in [6, 6.07) is 11.0. The van der Waals surface area contributed by atoms with Crippen LogP contribution in [0.2, 0.25) is 0 Å². The summed E-state index contributed by atoms with van der Waals surface area (Å²) in [6.07, 6.45) is 3.33. The number of nitrogens with zero attached hydrogens (tertiary/aromatic N) is 3. The van der Waals surface area contributed by atoms with Crippen LogP contribution >= 0.6 is 23.5 Å². The maximum atomic E-state index is 12.9. The van der Waals surface area contributed by atoms with Crippen molar-refractivity contribution in [1.29, 1.82) is 0 Å². The molecule has 0 N–H and O–H groups in total. The van der Waals surface area contributed by atoms with Gasteiger partial charge in [0.05, 0.1) is 9.81 Å². The smallest absolute Gasteiger partial charge is 0.268 e. The van der Waals surface area contributed by atoms with Crippen LogP contribution in [0.25, 0.3) is 0 Å². The van der Waals surface area contributed by atoms with Crippen LogP contribution in [0.4, 0.5) is 0 Å². The highest BCUT2D eigenvalue weighted by Gasteiger charge is 2.44. The van der Waals surface area contributed by atoms with Crippen LogP contribution in [0.1, 0.15) is 48.5 Å². The zero-order valence-corrected chi connectivity index (χ0v) is 19.7. The molecule has 1 aliphatic rings. The summed E-state index contributed by atoms with van der Waals surface area (Å²) in [4.78, 5) is 36.5. The first-order valence-electron chi connectivity index (χ1n) is 9.69. The van der Waals surface area contributed by atoms with Crippen LogP contribution in [0, 0.1) is 0 Å². The fourth-order valence-corrected chi connectivity index (χ4v) is 4.21. The van der Waals surface area contributed by atoms with Crippen molar-refractivity contribution < 1.29 is 9.59 Å². The molecule has 3 rings (SSSR count). The van der Waals surface area contributed by atoms with Gasteiger partial charge in [-0.05, 0) is 45.0 Å². The fraction of sp³-hybridized carbons (Fsp3) is 0.364. The Morgan fingerprint density at radius 3 is 1.38 bits per heavy atom. The molecule has 0 atom stereocenters. The van der Waals surface area contributed by atoms with E-state index >= 15 is 0 Å². The van der Waals surface area contributed by atoms with Crippen molar-refractivity contribution in [2.45, 2.75) is 64.1 Å². The molecule has 0 unspecified atom stereocenters. The molecule has 0 saturated heterocycles. The normalized spacial score (nSPS) is 13.6. The number of carbonyl (C=O) groups is 2. The van der Waals surface area contributed by atoms with Gasteiger partial charge in [0.1, 0.15) is 10.1 Å². The first kappa shape index (κ1) is 24.9. The fourth-order valence-electron chi connectivity index (χ4n) is 2.30. The zero-order chi connectivity index (χ0) is 22.0. The minimum Gasteiger partial charge on any atom is -0.268 e. The Bertz CT molecular complexity index is 769. The van der Waals surface area contributed by atoms with E-state index in [0.717, 1.165) is 0 Å². The zero-order valence-electron chi connectivity index (χ0n) is 18.1. The van der Waals surface area contributed by atoms with Crippen LogP contribution in [0.5, 0.6) is 0 Å². The average Bonchev–Trinajstić information content (AvgIpc) is 2.96. The van der Waals surface area contributed by atoms with Gasteiger partial charge in [0.15, 0.2) is 0 Å². The molecule has 3 heterocycles. The molecule has 0 spiro atoms. The van der Waals surface area contributed by atoms with E-state index in [1.54, 1.807) is 12.4 Å². The lowest BCUT2D eigenvalue weighted by Crippen LogP contribution is -2.46. The van der Waals surface area contributed by atoms with Gasteiger partial charge in [-0.2, -0.15) is 0 Å². The SMILES string of the molecule is CC.CC.CC(C)(C)N1C(=O)C(Sc2ccccn2)=C(Sc2ccccn2)C1=O. The standard InChI is InChI=1S/C18H17N3O2S2.2C2H6/c1-18(2,3)21-16(22)14(24-12-8-4-6-10-19-12)15(17(21)23)25-13-9-5-7-11-20-13;2*1-2/h4-11H,1-3H3;2*1-2H3. The van der Waals surface area contributed by atoms with Crippen LogP contribution in [-0.2, 0) is 9.59 Å². The molecule has 0 fully saturated rings. The molecule has 5 nitrogen and oxygen atoms in total. The third kappa shape index (κ3) is 6.44. The summed E-state index contributed by atoms with van der Waals surface area (Å²) in [5.41, 5.74) is -0.601. The largest absolute Gasteiger partial charge is 0.269 e. The second kappa shape index (κ2) is 11.8. The van der Waals surface area contributed by atoms with Crippen molar-refractivity contribution in [1.82, 2.24) is 14.9 Å². The van der Waals surface area contributed by atoms with E-state index < -0.39 is 5.54 Å². The molecule has 0 aromatic carbocycles. The average molecular weight is 432 g/mol. The lowest BCUT2D eigenvalue weighted by atomic mass is 10.1. The highest BCUT2D eigenvalue weighted by Crippen LogP contribution is 2.43. The lowest BCUT2D eigenvalue weighted by molar-refractivity contribution is -0.142. The third-order valence-electron chi connectivity index (χ3n) is 3.36. The van der Waals surface area contributed by atoms with E-state index in [0.29, 0.717) is 19.9 Å². The molecule has 2 aromatic rings. The molecule has 29 heavy (non-hydrogen) atoms. The maximum absolute atomic E-state index is 12.9. The summed E-state index contributed by atoms with van der Waals surface area (Å²) in [5.74, 6) is -0.571. The highest BCUT2D eigenvalue weighted by molar-refractivity contribution is 8.08. The molecule has 0 bridgehead atoms. The second-order valence-corrected chi connectivity index (χ2v) is 8.38. The van der Waals surface area contributed by atoms with E-state index in [4.69, 9.17) is 0 Å². The first-order chi connectivity index (χ1) is 13.9. The van der Waals surface area contributed by atoms with Gasteiger partial charge in [0, 0.05) is 17.9 Å². The summed E-state index contributed by atoms with van der Waals surface area (Å²) in [7, 11) is 0. The Morgan fingerprint density at radius 2 is 1.10 bits per heavy atom. The summed E-state index contributed by atoms with van der Waals surface area (Å²) >= 11 is 2.44. The molecule has 1 aliphatic heterocycles. The molecule has 156 valence electrons. The van der Waals surface area contributed by atoms with Gasteiger partial charge in [0.25, 0.3) is 11.8 Å². The van der Waals surface area contributed by atoms with Crippen LogP contribution < -0.4 is 0 Å². The molecule has 2 aromatic heterocycles. The predicted molar refractivity (Wildman–Crippen MR) is 122 cm³/mol. The number of hydrogen-bond acceptors (Lipinski definition) is 6. The number of hydrogen-bond donors (Lipinski definition) is 0. The Balaban J connectivity index is 0.000000989. The van der Waals surface area contributed by atoms with E-state index in [1.807, 2.05) is 84.9 Å². The number of rotatable bonds is 4. The Labute approximate surface area is 182 Å². The molecule has 0 aliphatic carbocycles. The van der Waals surface area contributed by atoms with Crippen molar-refractivity contribution in [3.63, 3.8) is 0 Å². The van der Waals surface area contributed by atoms with Crippen LogP contribution in [-0.4, -0.2) is 32.2 Å². The van der Waals surface area contributed by atoms with Gasteiger partial charge >= 0.3 is 0 Å². The van der Waals surface area contributed by atoms with Crippen molar-refractivity contribution in [3.05, 3.63) is 58.6 Å². The van der Waals surface area contributed by atoms with Crippen LogP contribution in [0.15, 0.2) is 68.7 Å². The maximum Gasteiger partial charge on any atom is 0.269 e. The Kier molecular flexibility index (Phi) is 10.1. The number of aromatic nitrogens is 2. The monoisotopic (exact) mass is 431 g/mol. The molecule has 0 saturated carbocycles. The number of pyridine rings is 2. The van der Waals surface area contributed by atoms with Gasteiger partial charge in [0.2, 0.25) is 0 Å². The van der Waals surface area contributed by atoms with Crippen molar-refractivity contribution in [2.24, 2.45) is 0 Å². The molecular formula is C22H29N3O2S2. The molecule has 7 heteroatoms. The van der Waals surface area contributed by atoms with Gasteiger partial charge in [-0.1, -0.05) is 63.4 Å². The first-order valence-corrected chi connectivity index (χ1v) is 11.3. The van der Waals surface area contributed by atoms with Gasteiger partial charge in [-0.15, -0.1) is 0 Å². The number of imide groups is 1. The summed E-state index contributed by atoms with van der Waals surface area (Å²) < 4.78 is 0. The van der Waals surface area contributed by atoms with Gasteiger partial charge in [-0.25, -0.2) is 9.97 Å². The van der Waals surface area contributed by atoms with E-state index in [-0.39, 0.29) is 11.8 Å². The number of thioether (sulfide) groups is 2.